The van der Waals surface area contributed by atoms with Crippen LogP contribution in [-0.2, 0) is 26.2 Å². The zero-order valence-corrected chi connectivity index (χ0v) is 25.2. The van der Waals surface area contributed by atoms with Gasteiger partial charge in [0.2, 0.25) is 0 Å². The van der Waals surface area contributed by atoms with Crippen molar-refractivity contribution < 1.29 is 36.1 Å². The van der Waals surface area contributed by atoms with Crippen LogP contribution in [-0.4, -0.2) is 49.2 Å². The first-order chi connectivity index (χ1) is 19.2. The number of halogens is 5. The number of carbonyl (C=O) groups is 2. The molecule has 2 aliphatic heterocycles. The number of pyridine rings is 1. The third kappa shape index (κ3) is 5.70. The van der Waals surface area contributed by atoms with Gasteiger partial charge in [0.1, 0.15) is 33.2 Å². The van der Waals surface area contributed by atoms with Crippen molar-refractivity contribution in [1.82, 2.24) is 10.3 Å². The molecule has 3 atom stereocenters. The summed E-state index contributed by atoms with van der Waals surface area (Å²) in [4.78, 5) is 33.9. The number of rotatable bonds is 3. The van der Waals surface area contributed by atoms with Gasteiger partial charge in [-0.1, -0.05) is 11.6 Å². The quantitative estimate of drug-likeness (QED) is 0.384. The molecule has 0 radical (unpaired) electrons. The Kier molecular flexibility index (Phi) is 7.90. The fourth-order valence-corrected chi connectivity index (χ4v) is 8.44. The van der Waals surface area contributed by atoms with E-state index in [0.717, 1.165) is 6.07 Å². The maximum absolute atomic E-state index is 15.5. The number of fused-ring (bicyclic) bond motifs is 1. The van der Waals surface area contributed by atoms with Crippen LogP contribution >= 0.6 is 11.6 Å². The summed E-state index contributed by atoms with van der Waals surface area (Å²) in [5.41, 5.74) is -3.93. The lowest BCUT2D eigenvalue weighted by atomic mass is 9.85. The number of amides is 2. The predicted octanol–water partition coefficient (Wildman–Crippen LogP) is 6.32. The fraction of sp³-hybridized carbons (Fsp3) is 0.481. The van der Waals surface area contributed by atoms with E-state index in [1.54, 1.807) is 41.5 Å². The van der Waals surface area contributed by atoms with Crippen LogP contribution in [0.4, 0.5) is 28.0 Å². The summed E-state index contributed by atoms with van der Waals surface area (Å²) in [6, 6.07) is 4.18. The fourth-order valence-electron chi connectivity index (χ4n) is 5.00. The minimum Gasteiger partial charge on any atom is -0.444 e. The maximum atomic E-state index is 15.5. The Labute approximate surface area is 245 Å². The van der Waals surface area contributed by atoms with Gasteiger partial charge in [-0.3, -0.25) is 15.1 Å². The van der Waals surface area contributed by atoms with Crippen molar-refractivity contribution >= 4 is 44.9 Å². The standard InChI is InChI=1S/C27H30ClF4N5O4S/c1-24(2,3)41-23(39)36-22-25(4,5)42(40)19(9-10-34-42)26(6,37-22)16-12-15(7-8-18(16)29)35-21(38)20-17(28)11-14(13-33-20)27(30,31)32/h7-8,11-13,19H,9-10H2,1-6H3,(H,35,38)(H,36,37,39)/t19-,26+,42+/m0/s1. The molecule has 2 amide bonds. The van der Waals surface area contributed by atoms with Crippen LogP contribution in [0.1, 0.15) is 69.6 Å². The lowest BCUT2D eigenvalue weighted by molar-refractivity contribution is -0.137. The highest BCUT2D eigenvalue weighted by Crippen LogP contribution is 2.48. The summed E-state index contributed by atoms with van der Waals surface area (Å²) in [6.45, 7) is 10.1. The maximum Gasteiger partial charge on any atom is 0.417 e. The van der Waals surface area contributed by atoms with Crippen LogP contribution < -0.4 is 10.6 Å². The SMILES string of the molecule is CC(C)(C)OC(=O)NC1=N[C@](C)(c2cc(NC(=O)c3ncc(C(F)(F)F)cc3Cl)ccc2F)[C@@H]2CCN=[S@]2(=O)C1(C)C. The largest absolute Gasteiger partial charge is 0.444 e. The minimum absolute atomic E-state index is 0.000671. The monoisotopic (exact) mass is 631 g/mol. The van der Waals surface area contributed by atoms with Crippen molar-refractivity contribution in [3.63, 3.8) is 0 Å². The zero-order valence-electron chi connectivity index (χ0n) is 23.7. The first kappa shape index (κ1) is 31.7. The molecule has 228 valence electrons. The van der Waals surface area contributed by atoms with E-state index < -0.39 is 71.1 Å². The van der Waals surface area contributed by atoms with Crippen LogP contribution in [0, 0.1) is 5.82 Å². The molecular weight excluding hydrogens is 602 g/mol. The molecule has 9 nitrogen and oxygen atoms in total. The number of nitrogens with one attached hydrogen (secondary N) is 2. The molecule has 0 spiro atoms. The molecule has 0 bridgehead atoms. The first-order valence-electron chi connectivity index (χ1n) is 12.8. The number of benzene rings is 1. The van der Waals surface area contributed by atoms with E-state index in [1.165, 1.54) is 12.1 Å². The van der Waals surface area contributed by atoms with Gasteiger partial charge in [0, 0.05) is 24.0 Å². The Bertz CT molecular complexity index is 1610. The van der Waals surface area contributed by atoms with Gasteiger partial charge in [-0.25, -0.2) is 22.7 Å². The molecule has 2 aliphatic rings. The predicted molar refractivity (Wildman–Crippen MR) is 151 cm³/mol. The van der Waals surface area contributed by atoms with E-state index in [2.05, 4.69) is 20.0 Å². The second-order valence-electron chi connectivity index (χ2n) is 11.6. The Morgan fingerprint density at radius 2 is 1.79 bits per heavy atom. The molecule has 3 heterocycles. The summed E-state index contributed by atoms with van der Waals surface area (Å²) in [7, 11) is -3.14. The molecule has 1 aromatic carbocycles. The number of aromatic nitrogens is 1. The molecular formula is C27H30ClF4N5O4S. The van der Waals surface area contributed by atoms with Gasteiger partial charge in [0.15, 0.2) is 0 Å². The van der Waals surface area contributed by atoms with Crippen molar-refractivity contribution in [3.8, 4) is 0 Å². The van der Waals surface area contributed by atoms with Crippen molar-refractivity contribution in [2.24, 2.45) is 9.36 Å². The topological polar surface area (TPSA) is 122 Å². The van der Waals surface area contributed by atoms with Gasteiger partial charge in [0.25, 0.3) is 5.91 Å². The van der Waals surface area contributed by atoms with E-state index in [1.807, 2.05) is 0 Å². The Morgan fingerprint density at radius 3 is 2.38 bits per heavy atom. The third-order valence-corrected chi connectivity index (χ3v) is 11.1. The number of ether oxygens (including phenoxy) is 1. The van der Waals surface area contributed by atoms with Gasteiger partial charge < -0.3 is 10.1 Å². The number of nitrogens with zero attached hydrogens (tertiary/aromatic N) is 3. The zero-order chi connectivity index (χ0) is 31.5. The lowest BCUT2D eigenvalue weighted by Gasteiger charge is -2.45. The van der Waals surface area contributed by atoms with Gasteiger partial charge in [-0.2, -0.15) is 13.2 Å². The average molecular weight is 632 g/mol. The smallest absolute Gasteiger partial charge is 0.417 e. The van der Waals surface area contributed by atoms with E-state index in [9.17, 15) is 27.0 Å². The number of aliphatic imine (C=N–C) groups is 1. The molecule has 4 rings (SSSR count). The summed E-state index contributed by atoms with van der Waals surface area (Å²) >= 11 is 5.91. The van der Waals surface area contributed by atoms with Crippen LogP contribution in [0.5, 0.6) is 0 Å². The number of anilines is 1. The molecule has 2 N–H and O–H groups in total. The van der Waals surface area contributed by atoms with Gasteiger partial charge in [0.05, 0.1) is 25.6 Å². The summed E-state index contributed by atoms with van der Waals surface area (Å²) in [6.07, 6.45) is -4.73. The molecule has 0 saturated carbocycles. The lowest BCUT2D eigenvalue weighted by Crippen LogP contribution is -2.60. The molecule has 42 heavy (non-hydrogen) atoms. The average Bonchev–Trinajstić information content (AvgIpc) is 3.26. The van der Waals surface area contributed by atoms with Crippen molar-refractivity contribution in [3.05, 3.63) is 58.1 Å². The highest BCUT2D eigenvalue weighted by molar-refractivity contribution is 7.96. The molecule has 1 aromatic heterocycles. The van der Waals surface area contributed by atoms with Crippen molar-refractivity contribution in [1.29, 1.82) is 0 Å². The number of alkyl halides is 3. The third-order valence-electron chi connectivity index (χ3n) is 7.10. The van der Waals surface area contributed by atoms with Crippen molar-refractivity contribution in [2.75, 3.05) is 11.9 Å². The molecule has 2 aromatic rings. The Morgan fingerprint density at radius 1 is 1.12 bits per heavy atom. The molecule has 0 saturated heterocycles. The number of amidine groups is 1. The van der Waals surface area contributed by atoms with Gasteiger partial charge in [-0.05, 0) is 72.2 Å². The van der Waals surface area contributed by atoms with Crippen LogP contribution in [0.15, 0.2) is 39.8 Å². The second kappa shape index (κ2) is 10.5. The second-order valence-corrected chi connectivity index (χ2v) is 15.0. The van der Waals surface area contributed by atoms with E-state index in [4.69, 9.17) is 21.3 Å². The summed E-state index contributed by atoms with van der Waals surface area (Å²) in [5.74, 6) is -1.66. The number of carbonyl (C=O) groups excluding carboxylic acids is 2. The molecule has 0 fully saturated rings. The van der Waals surface area contributed by atoms with Crippen LogP contribution in [0.25, 0.3) is 0 Å². The molecule has 15 heteroatoms. The Balaban J connectivity index is 1.75. The summed E-state index contributed by atoms with van der Waals surface area (Å²) < 4.78 is 77.5. The molecule has 0 unspecified atom stereocenters. The summed E-state index contributed by atoms with van der Waals surface area (Å²) in [5, 5.41) is 3.78. The van der Waals surface area contributed by atoms with Crippen molar-refractivity contribution in [2.45, 2.75) is 75.3 Å². The van der Waals surface area contributed by atoms with E-state index in [-0.39, 0.29) is 23.6 Å². The number of hydrogen-bond donors (Lipinski definition) is 2. The minimum atomic E-state index is -4.70. The highest BCUT2D eigenvalue weighted by Gasteiger charge is 2.58. The normalized spacial score (nSPS) is 25.1. The number of alkyl carbamates (subject to hydrolysis) is 1. The number of hydrogen-bond acceptors (Lipinski definition) is 7. The van der Waals surface area contributed by atoms with Crippen LogP contribution in [0.2, 0.25) is 5.02 Å². The highest BCUT2D eigenvalue weighted by atomic mass is 35.5. The van der Waals surface area contributed by atoms with E-state index >= 15 is 4.39 Å². The molecule has 0 aliphatic carbocycles. The van der Waals surface area contributed by atoms with E-state index in [0.29, 0.717) is 18.7 Å². The Hall–Kier alpha value is -3.26. The van der Waals surface area contributed by atoms with Crippen LogP contribution in [0.3, 0.4) is 0 Å². The van der Waals surface area contributed by atoms with Gasteiger partial charge >= 0.3 is 12.3 Å². The van der Waals surface area contributed by atoms with Gasteiger partial charge in [-0.15, -0.1) is 0 Å². The first-order valence-corrected chi connectivity index (χ1v) is 14.8.